The minimum Gasteiger partial charge on any atom is -1.00 e. The van der Waals surface area contributed by atoms with Crippen LogP contribution in [0.1, 0.15) is 127 Å². The number of nitrogens with one attached hydrogen (secondary N) is 5. The summed E-state index contributed by atoms with van der Waals surface area (Å²) in [5, 5.41) is 20.1. The normalized spacial score (nSPS) is 14.4. The Morgan fingerprint density at radius 2 is 0.976 bits per heavy atom. The van der Waals surface area contributed by atoms with Gasteiger partial charge in [-0.1, -0.05) is 284 Å². The molecule has 26 heteroatoms. The summed E-state index contributed by atoms with van der Waals surface area (Å²) < 4.78 is 36.7. The van der Waals surface area contributed by atoms with Crippen LogP contribution < -0.4 is 86.9 Å². The molecule has 0 saturated carbocycles. The Labute approximate surface area is 805 Å². The first-order chi connectivity index (χ1) is 59.7. The first-order valence-electron chi connectivity index (χ1n) is 41.6. The summed E-state index contributed by atoms with van der Waals surface area (Å²) in [4.78, 5) is 59.3. The van der Waals surface area contributed by atoms with Gasteiger partial charge in [0.2, 0.25) is 11.7 Å². The summed E-state index contributed by atoms with van der Waals surface area (Å²) in [6, 6.07) is 95.6. The van der Waals surface area contributed by atoms with Gasteiger partial charge in [-0.3, -0.25) is 19.7 Å². The van der Waals surface area contributed by atoms with E-state index in [9.17, 15) is 32.4 Å². The summed E-state index contributed by atoms with van der Waals surface area (Å²) in [5.74, 6) is 4.23. The van der Waals surface area contributed by atoms with Crippen LogP contribution in [0.3, 0.4) is 0 Å². The van der Waals surface area contributed by atoms with Crippen molar-refractivity contribution in [1.29, 1.82) is 0 Å². The molecule has 0 radical (unpaired) electrons. The van der Waals surface area contributed by atoms with Gasteiger partial charge in [-0.25, -0.2) is 18.0 Å². The number of Topliss-reactive ketones (excluding diaryl/α,β-unsaturated/α-hetero) is 1. The van der Waals surface area contributed by atoms with E-state index in [1.165, 1.54) is 93.1 Å². The van der Waals surface area contributed by atoms with E-state index in [2.05, 4.69) is 159 Å². The number of halogens is 3. The third kappa shape index (κ3) is 39.1. The number of anilines is 2. The van der Waals surface area contributed by atoms with Crippen molar-refractivity contribution in [3.63, 3.8) is 0 Å². The van der Waals surface area contributed by atoms with Crippen LogP contribution in [0.4, 0.5) is 11.4 Å². The van der Waals surface area contributed by atoms with Crippen LogP contribution in [-0.2, 0) is 131 Å². The van der Waals surface area contributed by atoms with Crippen LogP contribution in [0.15, 0.2) is 296 Å². The van der Waals surface area contributed by atoms with Gasteiger partial charge in [-0.05, 0) is 207 Å². The Morgan fingerprint density at radius 1 is 0.532 bits per heavy atom. The predicted octanol–water partition coefficient (Wildman–Crippen LogP) is 11.8. The van der Waals surface area contributed by atoms with Gasteiger partial charge in [0.1, 0.15) is 11.6 Å². The molecule has 12 N–H and O–H groups in total. The molecule has 658 valence electrons. The van der Waals surface area contributed by atoms with Crippen molar-refractivity contribution in [3.05, 3.63) is 379 Å². The number of hydrogen-bond acceptors (Lipinski definition) is 17. The third-order valence-electron chi connectivity index (χ3n) is 20.8. The molecule has 4 atom stereocenters. The van der Waals surface area contributed by atoms with E-state index >= 15 is 0 Å². The van der Waals surface area contributed by atoms with Crippen LogP contribution >= 0.6 is 33.9 Å². The Kier molecular flexibility index (Phi) is 53.7. The van der Waals surface area contributed by atoms with Crippen LogP contribution in [0.2, 0.25) is 10.0 Å². The number of esters is 3. The smallest absolute Gasteiger partial charge is 1.00 e. The fraction of sp³-hybridized carbons (Fsp3) is 0.290. The number of ether oxygens (including phenoxy) is 3. The molecule has 0 aromatic heterocycles. The molecule has 3 aliphatic rings. The Balaban J connectivity index is 0.000000385. The van der Waals surface area contributed by atoms with Crippen molar-refractivity contribution < 1.29 is 102 Å². The second kappa shape index (κ2) is 61.7. The summed E-state index contributed by atoms with van der Waals surface area (Å²) in [6.07, 6.45) is 11.0. The number of amides is 1. The largest absolute Gasteiger partial charge is 1.00 e. The molecular formula is C100H120AlCl3LiN8NaO11S. The van der Waals surface area contributed by atoms with Crippen molar-refractivity contribution in [2.45, 2.75) is 153 Å². The van der Waals surface area contributed by atoms with Crippen molar-refractivity contribution in [3.8, 4) is 0 Å². The fourth-order valence-corrected chi connectivity index (χ4v) is 15.2. The minimum atomic E-state index is -3.71. The number of carbonyl (C=O) groups is 5. The van der Waals surface area contributed by atoms with Crippen LogP contribution in [0.5, 0.6) is 0 Å². The summed E-state index contributed by atoms with van der Waals surface area (Å²) >= 11 is 11.1. The number of hydrogen-bond donors (Lipinski definition) is 8. The summed E-state index contributed by atoms with van der Waals surface area (Å²) in [6.45, 7) is 10.9. The van der Waals surface area contributed by atoms with Gasteiger partial charge in [0, 0.05) is 73.5 Å². The molecule has 0 saturated heterocycles. The first-order valence-corrected chi connectivity index (χ1v) is 44.6. The second-order valence-corrected chi connectivity index (χ2v) is 32.8. The number of fused-ring (bicyclic) bond motifs is 3. The maximum absolute atomic E-state index is 12.7. The maximum atomic E-state index is 12.7. The zero-order valence-electron chi connectivity index (χ0n) is 73.3. The van der Waals surface area contributed by atoms with Gasteiger partial charge in [0.15, 0.2) is 17.4 Å². The van der Waals surface area contributed by atoms with E-state index in [1.807, 2.05) is 153 Å². The number of nitrogens with two attached hydrogens (primary N) is 3. The van der Waals surface area contributed by atoms with E-state index < -0.39 is 26.3 Å². The van der Waals surface area contributed by atoms with Crippen LogP contribution in [-0.4, -0.2) is 98.5 Å². The van der Waals surface area contributed by atoms with Crippen LogP contribution in [0, 0.1) is 11.8 Å². The van der Waals surface area contributed by atoms with E-state index in [4.69, 9.17) is 71.7 Å². The number of rotatable bonds is 26. The summed E-state index contributed by atoms with van der Waals surface area (Å²) in [5.41, 5.74) is 34.1. The summed E-state index contributed by atoms with van der Waals surface area (Å²) in [7, 11) is 1.34. The Bertz CT molecular complexity index is 5090. The topological polar surface area (TPSA) is 317 Å². The number of para-hydroxylation sites is 2. The molecule has 11 aromatic carbocycles. The van der Waals surface area contributed by atoms with E-state index in [-0.39, 0.29) is 120 Å². The molecule has 0 aliphatic carbocycles. The minimum absolute atomic E-state index is 0. The Morgan fingerprint density at radius 3 is 1.48 bits per heavy atom. The predicted molar refractivity (Wildman–Crippen MR) is 506 cm³/mol. The van der Waals surface area contributed by atoms with Gasteiger partial charge >= 0.3 is 66.3 Å². The maximum Gasteiger partial charge on any atom is 1.00 e. The first kappa shape index (κ1) is 110. The van der Waals surface area contributed by atoms with Gasteiger partial charge in [0.25, 0.3) is 9.05 Å². The SMILES string of the molecule is CCOC(=O)C(=O)CCc1ccccc1.CCOC(=O)C(CCc1ccccc1)Nc1ccccc1CN.CCOC(=O)C1(CCc2ccccc2)Cc2ccccc2CN1.NCc1ccccc1N.O=C1NCc2ccccc2CC1CCc1ccccc1.O=S(=O)(Cl)c1ccc(Cl)c(Cl)c1.[AlH3].[H-].[Li+].[NH-]O.[Na+].c1ccc(CCC2CNCc3ccccc3C2)cc1. The molecule has 14 rings (SSSR count). The quantitative estimate of drug-likeness (QED) is 0.00475. The van der Waals surface area contributed by atoms with Gasteiger partial charge in [0.05, 0.1) is 34.8 Å². The zero-order chi connectivity index (χ0) is 88.5. The molecule has 0 spiro atoms. The fourth-order valence-electron chi connectivity index (χ4n) is 14.1. The average molecular weight is 1810 g/mol. The van der Waals surface area contributed by atoms with Gasteiger partial charge < -0.3 is 59.9 Å². The molecule has 0 fully saturated rings. The third-order valence-corrected chi connectivity index (χ3v) is 22.9. The zero-order valence-corrected chi connectivity index (χ0v) is 77.4. The molecule has 11 aromatic rings. The van der Waals surface area contributed by atoms with Crippen molar-refractivity contribution in [2.75, 3.05) is 37.4 Å². The molecule has 3 aliphatic heterocycles. The second-order valence-electron chi connectivity index (χ2n) is 29.4. The number of carbonyl (C=O) groups excluding carboxylic acids is 5. The number of aryl methyl sites for hydroxylation is 5. The molecule has 0 bridgehead atoms. The molecule has 3 heterocycles. The Hall–Kier alpha value is -8.72. The van der Waals surface area contributed by atoms with Crippen molar-refractivity contribution in [1.82, 2.24) is 16.0 Å². The van der Waals surface area contributed by atoms with Gasteiger partial charge in [-0.15, -0.1) is 0 Å². The molecule has 1 amide bonds. The van der Waals surface area contributed by atoms with E-state index in [1.54, 1.807) is 6.92 Å². The average Bonchev–Trinajstić information content (AvgIpc) is 0.794. The van der Waals surface area contributed by atoms with Crippen LogP contribution in [0.25, 0.3) is 5.90 Å². The molecule has 19 nitrogen and oxygen atoms in total. The standard InChI is InChI=1S/C20H23NO2.C19H24N2O2.C18H19NO.C18H21N.C12H14O3.C7H10N2.C6H3Cl3O2S.Al.Li.H2NO.Na.4H/c1-2-23-19(22)20(13-12-16-8-4-3-5-9-16)14-17-10-6-7-11-18(17)15-21-20;1-2-23-19(22)18(13-12-15-8-4-3-5-9-15)21-17-11-7-6-10-16(17)14-20;20-18-16(11-10-14-6-2-1-3-7-14)12-15-8-4-5-9-17(15)13-19-18;1-2-6-15(7-3-1)10-11-16-12-17-8-4-5-9-18(17)14-19-13-16;1-2-15-12(14)11(13)9-8-10-6-4-3-5-7-10;8-5-6-3-1-2-4-7(6)9;7-5-2-1-4(3-6(5)8)12(9,10)11;;;1-2;;;;;/h3-11,21H,2,12-15H2,1H3;3-11,18,21H,2,12-14,20H2,1H3;1-9,16H,10-13H2,(H,19,20);1-9,16,19H,10-14H2;3-7H,2,8-9H2,1H3;1-4H,5,8-9H2;1-3H;;;1-2H;;;;;/q;;;;;;;;+1;-1;+1;;;;-1. The van der Waals surface area contributed by atoms with Crippen molar-refractivity contribution >= 4 is 101 Å². The number of ketones is 1. The number of benzene rings is 11. The van der Waals surface area contributed by atoms with E-state index in [0.29, 0.717) is 63.7 Å². The number of nitrogen functional groups attached to an aromatic ring is 1. The van der Waals surface area contributed by atoms with E-state index in [0.717, 1.165) is 85.6 Å². The van der Waals surface area contributed by atoms with Gasteiger partial charge in [-0.2, -0.15) is 0 Å². The molecule has 126 heavy (non-hydrogen) atoms. The molecule has 4 unspecified atom stereocenters. The van der Waals surface area contributed by atoms with Crippen molar-refractivity contribution in [2.24, 2.45) is 23.3 Å². The monoisotopic (exact) mass is 1800 g/mol. The molecular weight excluding hydrogens is 1680 g/mol.